The molecule has 0 radical (unpaired) electrons. The van der Waals surface area contributed by atoms with Gasteiger partial charge in [0.2, 0.25) is 0 Å². The average Bonchev–Trinajstić information content (AvgIpc) is 3.52. The van der Waals surface area contributed by atoms with Crippen molar-refractivity contribution in [2.45, 2.75) is 112 Å². The normalized spacial score (nSPS) is 15.6. The smallest absolute Gasteiger partial charge is 0.172 e. The molecule has 0 spiro atoms. The Labute approximate surface area is 234 Å². The maximum Gasteiger partial charge on any atom is 0.172 e. The zero-order valence-corrected chi connectivity index (χ0v) is 25.8. The monoisotopic (exact) mass is 642 g/mol. The number of hydrogen-bond donors (Lipinski definition) is 0. The molecule has 0 amide bonds. The number of thiophene rings is 2. The van der Waals surface area contributed by atoms with Crippen molar-refractivity contribution in [1.82, 2.24) is 0 Å². The summed E-state index contributed by atoms with van der Waals surface area (Å²) in [5, 5.41) is 2.58. The van der Waals surface area contributed by atoms with Crippen LogP contribution < -0.4 is 0 Å². The number of hydrogen-bond acceptors (Lipinski definition) is 4. The molecule has 3 aromatic rings. The van der Waals surface area contributed by atoms with E-state index in [4.69, 9.17) is 0 Å². The van der Waals surface area contributed by atoms with E-state index in [1.807, 2.05) is 23.1 Å². The number of Topliss-reactive ketones (excluding diaryl/α,β-unsaturated/α-hetero) is 1. The van der Waals surface area contributed by atoms with Gasteiger partial charge in [0.25, 0.3) is 0 Å². The minimum absolute atomic E-state index is 0.335. The molecule has 0 N–H and O–H groups in total. The third-order valence-electron chi connectivity index (χ3n) is 6.87. The number of rotatable bonds is 15. The Morgan fingerprint density at radius 3 is 2.09 bits per heavy atom. The van der Waals surface area contributed by atoms with Crippen molar-refractivity contribution < 1.29 is 4.79 Å². The molecule has 0 saturated heterocycles. The van der Waals surface area contributed by atoms with E-state index in [0.29, 0.717) is 16.4 Å². The second-order valence-electron chi connectivity index (χ2n) is 9.60. The Balaban J connectivity index is 1.21. The molecular weight excluding hydrogens is 608 g/mol. The van der Waals surface area contributed by atoms with Crippen molar-refractivity contribution >= 4 is 92.3 Å². The number of carbonyl (C=O) groups excluding carboxylic acids is 1. The van der Waals surface area contributed by atoms with Gasteiger partial charge in [-0.1, -0.05) is 99.9 Å². The molecule has 0 aliphatic carbocycles. The van der Waals surface area contributed by atoms with Gasteiger partial charge in [-0.05, 0) is 46.5 Å². The van der Waals surface area contributed by atoms with Crippen molar-refractivity contribution in [2.75, 3.05) is 0 Å². The minimum atomic E-state index is 0.335. The molecule has 0 fully saturated rings. The lowest BCUT2D eigenvalue weighted by Gasteiger charge is -2.03. The van der Waals surface area contributed by atoms with Crippen LogP contribution in [0.4, 0.5) is 0 Å². The van der Waals surface area contributed by atoms with Crippen LogP contribution >= 0.6 is 66.3 Å². The summed E-state index contributed by atoms with van der Waals surface area (Å²) in [6.07, 6.45) is 19.1. The highest BCUT2D eigenvalue weighted by molar-refractivity contribution is 9.11. The van der Waals surface area contributed by atoms with Gasteiger partial charge in [-0.15, -0.1) is 34.4 Å². The predicted octanol–water partition coefficient (Wildman–Crippen LogP) is 11.9. The summed E-state index contributed by atoms with van der Waals surface area (Å²) in [5.41, 5.74) is 1.44. The fraction of sp³-hybridized carbons (Fsp3) is 0.607. The number of ketones is 1. The Morgan fingerprint density at radius 2 is 1.44 bits per heavy atom. The molecule has 1 nitrogen and oxygen atoms in total. The Kier molecular flexibility index (Phi) is 10.9. The molecule has 0 saturated carbocycles. The van der Waals surface area contributed by atoms with Crippen molar-refractivity contribution in [3.8, 4) is 0 Å². The predicted molar refractivity (Wildman–Crippen MR) is 162 cm³/mol. The van der Waals surface area contributed by atoms with Crippen LogP contribution in [-0.2, 0) is 6.42 Å². The first-order valence-corrected chi connectivity index (χ1v) is 17.3. The van der Waals surface area contributed by atoms with E-state index in [1.165, 1.54) is 111 Å². The zero-order chi connectivity index (χ0) is 23.9. The topological polar surface area (TPSA) is 17.1 Å². The SMILES string of the molecule is CCCCCCCCCCCCCCCC(=O)c1cc2c(s1)c1c(c3sc(Br)cc32)SC(Br)C1. The van der Waals surface area contributed by atoms with E-state index in [0.717, 1.165) is 17.7 Å². The molecule has 1 aliphatic rings. The standard InChI is InChI=1S/C28H36Br2OS3/c1-2-3-4-5-6-7-8-9-10-11-12-13-14-15-22(31)23-16-19-20-17-24(29)33-27(20)28-21(26(19)32-23)18-25(30)34-28/h16-17,25H,2-15,18H2,1H3. The van der Waals surface area contributed by atoms with Gasteiger partial charge in [-0.25, -0.2) is 0 Å². The van der Waals surface area contributed by atoms with Gasteiger partial charge in [-0.3, -0.25) is 4.79 Å². The fourth-order valence-electron chi connectivity index (χ4n) is 4.99. The molecule has 1 aromatic carbocycles. The second kappa shape index (κ2) is 13.6. The number of alkyl halides is 1. The Morgan fingerprint density at radius 1 is 0.853 bits per heavy atom. The third-order valence-corrected chi connectivity index (χ3v) is 11.9. The number of fused-ring (bicyclic) bond motifs is 6. The first kappa shape index (κ1) is 27.2. The highest BCUT2D eigenvalue weighted by Gasteiger charge is 2.28. The van der Waals surface area contributed by atoms with Crippen LogP contribution in [0.3, 0.4) is 0 Å². The fourth-order valence-corrected chi connectivity index (χ4v) is 10.0. The number of unbranched alkanes of at least 4 members (excludes halogenated alkanes) is 12. The van der Waals surface area contributed by atoms with E-state index in [2.05, 4.69) is 50.9 Å². The van der Waals surface area contributed by atoms with Crippen LogP contribution in [0.15, 0.2) is 20.8 Å². The lowest BCUT2D eigenvalue weighted by atomic mass is 10.0. The van der Waals surface area contributed by atoms with Crippen LogP contribution in [0.5, 0.6) is 0 Å². The van der Waals surface area contributed by atoms with Gasteiger partial charge in [-0.2, -0.15) is 0 Å². The molecule has 1 atom stereocenters. The van der Waals surface area contributed by atoms with Gasteiger partial charge in [0, 0.05) is 26.8 Å². The number of benzene rings is 1. The van der Waals surface area contributed by atoms with Gasteiger partial charge in [0.1, 0.15) is 0 Å². The van der Waals surface area contributed by atoms with Crippen LogP contribution in [0, 0.1) is 0 Å². The molecule has 34 heavy (non-hydrogen) atoms. The first-order valence-electron chi connectivity index (χ1n) is 13.1. The minimum Gasteiger partial charge on any atom is -0.293 e. The van der Waals surface area contributed by atoms with Gasteiger partial charge in [0.05, 0.1) is 17.5 Å². The highest BCUT2D eigenvalue weighted by Crippen LogP contribution is 2.52. The van der Waals surface area contributed by atoms with Crippen LogP contribution in [0.1, 0.15) is 112 Å². The van der Waals surface area contributed by atoms with Crippen molar-refractivity contribution in [2.24, 2.45) is 0 Å². The average molecular weight is 645 g/mol. The van der Waals surface area contributed by atoms with Crippen LogP contribution in [-0.4, -0.2) is 9.94 Å². The van der Waals surface area contributed by atoms with Gasteiger partial charge >= 0.3 is 0 Å². The summed E-state index contributed by atoms with van der Waals surface area (Å²) in [6.45, 7) is 2.28. The van der Waals surface area contributed by atoms with E-state index < -0.39 is 0 Å². The van der Waals surface area contributed by atoms with E-state index >= 15 is 0 Å². The Hall–Kier alpha value is 0.120. The van der Waals surface area contributed by atoms with E-state index in [-0.39, 0.29) is 0 Å². The van der Waals surface area contributed by atoms with E-state index in [1.54, 1.807) is 11.3 Å². The molecule has 3 heterocycles. The highest BCUT2D eigenvalue weighted by atomic mass is 79.9. The van der Waals surface area contributed by atoms with Crippen molar-refractivity contribution in [3.63, 3.8) is 0 Å². The molecule has 186 valence electrons. The summed E-state index contributed by atoms with van der Waals surface area (Å²) < 4.78 is 4.30. The summed E-state index contributed by atoms with van der Waals surface area (Å²) in [5.74, 6) is 0.335. The van der Waals surface area contributed by atoms with Crippen molar-refractivity contribution in [3.05, 3.63) is 26.4 Å². The lowest BCUT2D eigenvalue weighted by molar-refractivity contribution is 0.0983. The van der Waals surface area contributed by atoms with E-state index in [9.17, 15) is 4.79 Å². The second-order valence-corrected chi connectivity index (χ2v) is 16.0. The zero-order valence-electron chi connectivity index (χ0n) is 20.2. The molecule has 4 rings (SSSR count). The first-order chi connectivity index (χ1) is 16.6. The molecule has 1 aliphatic heterocycles. The summed E-state index contributed by atoms with van der Waals surface area (Å²) in [7, 11) is 0. The molecule has 6 heteroatoms. The van der Waals surface area contributed by atoms with Gasteiger partial charge < -0.3 is 0 Å². The third kappa shape index (κ3) is 6.90. The number of halogens is 2. The number of carbonyl (C=O) groups is 1. The lowest BCUT2D eigenvalue weighted by Crippen LogP contribution is -1.95. The quantitative estimate of drug-likeness (QED) is 0.0930. The molecule has 1 unspecified atom stereocenters. The Bertz CT molecular complexity index is 1100. The summed E-state index contributed by atoms with van der Waals surface area (Å²) in [4.78, 5) is 15.4. The van der Waals surface area contributed by atoms with Crippen LogP contribution in [0.25, 0.3) is 20.2 Å². The maximum atomic E-state index is 13.0. The van der Waals surface area contributed by atoms with Gasteiger partial charge in [0.15, 0.2) is 5.78 Å². The largest absolute Gasteiger partial charge is 0.293 e. The van der Waals surface area contributed by atoms with Crippen LogP contribution in [0.2, 0.25) is 0 Å². The maximum absolute atomic E-state index is 13.0. The molecule has 2 aromatic heterocycles. The molecular formula is C28H36Br2OS3. The molecule has 0 bridgehead atoms. The number of thioether (sulfide) groups is 1. The summed E-state index contributed by atoms with van der Waals surface area (Å²) in [6, 6.07) is 4.41. The van der Waals surface area contributed by atoms with Crippen molar-refractivity contribution in [1.29, 1.82) is 0 Å². The summed E-state index contributed by atoms with van der Waals surface area (Å²) >= 11 is 13.0.